The SMILES string of the molecule is Cc1c(C(=O)N/N=C\c2c[nH]c3ccccc23)nnn1-c1nonc1N. The number of aromatic nitrogens is 6. The third kappa shape index (κ3) is 2.56. The van der Waals surface area contributed by atoms with Crippen LogP contribution in [-0.2, 0) is 0 Å². The molecule has 4 N–H and O–H groups in total. The molecule has 0 aliphatic heterocycles. The highest BCUT2D eigenvalue weighted by Crippen LogP contribution is 2.16. The van der Waals surface area contributed by atoms with Crippen molar-refractivity contribution in [2.24, 2.45) is 5.10 Å². The first-order chi connectivity index (χ1) is 12.6. The lowest BCUT2D eigenvalue weighted by Crippen LogP contribution is -2.19. The van der Waals surface area contributed by atoms with Crippen molar-refractivity contribution in [1.82, 2.24) is 35.7 Å². The van der Waals surface area contributed by atoms with Crippen LogP contribution >= 0.6 is 0 Å². The highest BCUT2D eigenvalue weighted by Gasteiger charge is 2.20. The van der Waals surface area contributed by atoms with E-state index in [-0.39, 0.29) is 17.3 Å². The van der Waals surface area contributed by atoms with E-state index in [1.54, 1.807) is 13.1 Å². The average molecular weight is 351 g/mol. The first-order valence-corrected chi connectivity index (χ1v) is 7.55. The largest absolute Gasteiger partial charge is 0.378 e. The molecule has 0 radical (unpaired) electrons. The molecule has 4 rings (SSSR count). The van der Waals surface area contributed by atoms with Gasteiger partial charge in [-0.1, -0.05) is 23.4 Å². The number of fused-ring (bicyclic) bond motifs is 1. The van der Waals surface area contributed by atoms with Crippen molar-refractivity contribution >= 4 is 28.8 Å². The van der Waals surface area contributed by atoms with Gasteiger partial charge in [-0.3, -0.25) is 4.79 Å². The summed E-state index contributed by atoms with van der Waals surface area (Å²) in [5, 5.41) is 19.8. The van der Waals surface area contributed by atoms with Gasteiger partial charge in [0.15, 0.2) is 5.69 Å². The molecule has 3 heterocycles. The van der Waals surface area contributed by atoms with Gasteiger partial charge < -0.3 is 10.7 Å². The number of hydrogen-bond acceptors (Lipinski definition) is 8. The van der Waals surface area contributed by atoms with Crippen molar-refractivity contribution in [2.45, 2.75) is 6.92 Å². The summed E-state index contributed by atoms with van der Waals surface area (Å²) in [5.74, 6) is -0.307. The predicted molar refractivity (Wildman–Crippen MR) is 91.7 cm³/mol. The number of para-hydroxylation sites is 1. The Labute approximate surface area is 145 Å². The number of amides is 1. The Morgan fingerprint density at radius 1 is 1.38 bits per heavy atom. The number of nitrogens with zero attached hydrogens (tertiary/aromatic N) is 6. The molecule has 3 aromatic heterocycles. The molecule has 26 heavy (non-hydrogen) atoms. The Kier molecular flexibility index (Phi) is 3.65. The number of nitrogen functional groups attached to an aromatic ring is 1. The van der Waals surface area contributed by atoms with E-state index in [0.29, 0.717) is 5.69 Å². The fourth-order valence-electron chi connectivity index (χ4n) is 2.49. The molecule has 11 nitrogen and oxygen atoms in total. The summed E-state index contributed by atoms with van der Waals surface area (Å²) in [4.78, 5) is 15.4. The van der Waals surface area contributed by atoms with Crippen LogP contribution in [0, 0.1) is 6.92 Å². The van der Waals surface area contributed by atoms with E-state index in [2.05, 4.69) is 40.8 Å². The van der Waals surface area contributed by atoms with E-state index in [1.807, 2.05) is 30.5 Å². The molecule has 0 saturated carbocycles. The van der Waals surface area contributed by atoms with Gasteiger partial charge in [-0.2, -0.15) is 9.78 Å². The van der Waals surface area contributed by atoms with Gasteiger partial charge in [0.25, 0.3) is 5.91 Å². The van der Waals surface area contributed by atoms with Crippen LogP contribution in [0.3, 0.4) is 0 Å². The summed E-state index contributed by atoms with van der Waals surface area (Å²) >= 11 is 0. The summed E-state index contributed by atoms with van der Waals surface area (Å²) in [7, 11) is 0. The number of anilines is 1. The zero-order chi connectivity index (χ0) is 18.1. The number of nitrogens with one attached hydrogen (secondary N) is 2. The third-order valence-electron chi connectivity index (χ3n) is 3.80. The van der Waals surface area contributed by atoms with Crippen LogP contribution in [0.4, 0.5) is 5.82 Å². The maximum atomic E-state index is 12.3. The fourth-order valence-corrected chi connectivity index (χ4v) is 2.49. The van der Waals surface area contributed by atoms with Crippen molar-refractivity contribution in [2.75, 3.05) is 5.73 Å². The highest BCUT2D eigenvalue weighted by molar-refractivity contribution is 6.00. The molecular weight excluding hydrogens is 338 g/mol. The zero-order valence-electron chi connectivity index (χ0n) is 13.5. The number of H-pyrrole nitrogens is 1. The lowest BCUT2D eigenvalue weighted by atomic mass is 10.2. The van der Waals surface area contributed by atoms with E-state index < -0.39 is 5.91 Å². The number of benzene rings is 1. The van der Waals surface area contributed by atoms with Gasteiger partial charge in [-0.25, -0.2) is 10.1 Å². The first-order valence-electron chi connectivity index (χ1n) is 7.55. The second kappa shape index (κ2) is 6.12. The van der Waals surface area contributed by atoms with Crippen LogP contribution in [0.25, 0.3) is 16.7 Å². The van der Waals surface area contributed by atoms with Gasteiger partial charge >= 0.3 is 0 Å². The minimum absolute atomic E-state index is 0.0438. The molecule has 0 unspecified atom stereocenters. The number of carbonyl (C=O) groups excluding carboxylic acids is 1. The molecule has 0 spiro atoms. The van der Waals surface area contributed by atoms with Crippen LogP contribution in [0.1, 0.15) is 21.7 Å². The summed E-state index contributed by atoms with van der Waals surface area (Å²) in [6.45, 7) is 1.65. The molecule has 0 atom stereocenters. The number of nitrogens with two attached hydrogens (primary N) is 1. The lowest BCUT2D eigenvalue weighted by molar-refractivity contribution is 0.0949. The van der Waals surface area contributed by atoms with Crippen molar-refractivity contribution < 1.29 is 9.42 Å². The van der Waals surface area contributed by atoms with Gasteiger partial charge in [0.2, 0.25) is 11.6 Å². The Balaban J connectivity index is 1.52. The van der Waals surface area contributed by atoms with Crippen molar-refractivity contribution in [3.63, 3.8) is 0 Å². The Morgan fingerprint density at radius 2 is 2.23 bits per heavy atom. The average Bonchev–Trinajstić information content (AvgIpc) is 3.34. The lowest BCUT2D eigenvalue weighted by Gasteiger charge is -1.99. The quantitative estimate of drug-likeness (QED) is 0.363. The molecule has 130 valence electrons. The van der Waals surface area contributed by atoms with Crippen molar-refractivity contribution in [1.29, 1.82) is 0 Å². The van der Waals surface area contributed by atoms with E-state index in [9.17, 15) is 4.79 Å². The van der Waals surface area contributed by atoms with Crippen LogP contribution < -0.4 is 11.2 Å². The van der Waals surface area contributed by atoms with Crippen LogP contribution in [-0.4, -0.2) is 42.4 Å². The summed E-state index contributed by atoms with van der Waals surface area (Å²) in [5.41, 5.74) is 10.4. The maximum Gasteiger partial charge on any atom is 0.293 e. The number of hydrogen-bond donors (Lipinski definition) is 3. The smallest absolute Gasteiger partial charge is 0.293 e. The number of hydrazone groups is 1. The standard InChI is InChI=1S/C15H13N9O2/c1-8-12(19-23-24(8)14-13(16)21-26-22-14)15(25)20-18-7-9-6-17-11-5-3-2-4-10(9)11/h2-7,17H,1H3,(H2,16,21)(H,20,25)/b18-7-. The molecule has 0 aliphatic rings. The van der Waals surface area contributed by atoms with E-state index in [1.165, 1.54) is 4.68 Å². The molecule has 4 aromatic rings. The monoisotopic (exact) mass is 351 g/mol. The molecule has 1 aromatic carbocycles. The predicted octanol–water partition coefficient (Wildman–Crippen LogP) is 0.786. The Morgan fingerprint density at radius 3 is 3.04 bits per heavy atom. The molecule has 0 bridgehead atoms. The summed E-state index contributed by atoms with van der Waals surface area (Å²) in [6, 6.07) is 7.78. The molecule has 11 heteroatoms. The fraction of sp³-hybridized carbons (Fsp3) is 0.0667. The Hall–Kier alpha value is -4.02. The van der Waals surface area contributed by atoms with Crippen LogP contribution in [0.15, 0.2) is 40.2 Å². The van der Waals surface area contributed by atoms with Gasteiger partial charge in [-0.15, -0.1) is 5.10 Å². The van der Waals surface area contributed by atoms with Gasteiger partial charge in [0.1, 0.15) is 0 Å². The topological polar surface area (TPSA) is 153 Å². The zero-order valence-corrected chi connectivity index (χ0v) is 13.5. The number of aromatic amines is 1. The molecule has 0 fully saturated rings. The van der Waals surface area contributed by atoms with Crippen LogP contribution in [0.2, 0.25) is 0 Å². The van der Waals surface area contributed by atoms with Crippen LogP contribution in [0.5, 0.6) is 0 Å². The Bertz CT molecular complexity index is 1120. The van der Waals surface area contributed by atoms with Crippen molar-refractivity contribution in [3.8, 4) is 5.82 Å². The van der Waals surface area contributed by atoms with E-state index >= 15 is 0 Å². The maximum absolute atomic E-state index is 12.3. The second-order valence-corrected chi connectivity index (χ2v) is 5.40. The van der Waals surface area contributed by atoms with E-state index in [4.69, 9.17) is 5.73 Å². The van der Waals surface area contributed by atoms with Gasteiger partial charge in [0, 0.05) is 22.7 Å². The normalized spacial score (nSPS) is 11.4. The van der Waals surface area contributed by atoms with Gasteiger partial charge in [0.05, 0.1) is 11.9 Å². The van der Waals surface area contributed by atoms with E-state index in [0.717, 1.165) is 16.5 Å². The molecule has 1 amide bonds. The second-order valence-electron chi connectivity index (χ2n) is 5.40. The first kappa shape index (κ1) is 15.5. The molecular formula is C15H13N9O2. The molecule has 0 saturated heterocycles. The molecule has 0 aliphatic carbocycles. The third-order valence-corrected chi connectivity index (χ3v) is 3.80. The summed E-state index contributed by atoms with van der Waals surface area (Å²) in [6.07, 6.45) is 3.36. The highest BCUT2D eigenvalue weighted by atomic mass is 16.6. The summed E-state index contributed by atoms with van der Waals surface area (Å²) < 4.78 is 5.79. The van der Waals surface area contributed by atoms with Crippen molar-refractivity contribution in [3.05, 3.63) is 47.4 Å². The minimum atomic E-state index is -0.514. The van der Waals surface area contributed by atoms with Gasteiger partial charge in [-0.05, 0) is 23.3 Å². The number of carbonyl (C=O) groups is 1. The minimum Gasteiger partial charge on any atom is -0.378 e. The number of rotatable bonds is 4.